The number of nitrogens with one attached hydrogen (secondary N) is 1. The number of benzene rings is 1. The molecule has 0 aliphatic rings. The molecule has 1 atom stereocenters. The minimum Gasteiger partial charge on any atom is -0.494 e. The predicted octanol–water partition coefficient (Wildman–Crippen LogP) is 3.06. The van der Waals surface area contributed by atoms with Crippen molar-refractivity contribution in [3.63, 3.8) is 0 Å². The van der Waals surface area contributed by atoms with Gasteiger partial charge in [-0.3, -0.25) is 0 Å². The lowest BCUT2D eigenvalue weighted by Gasteiger charge is -2.17. The van der Waals surface area contributed by atoms with Gasteiger partial charge in [0.1, 0.15) is 0 Å². The van der Waals surface area contributed by atoms with E-state index in [1.807, 2.05) is 14.0 Å². The normalized spacial score (nSPS) is 12.2. The summed E-state index contributed by atoms with van der Waals surface area (Å²) in [6.07, 6.45) is 0.825. The molecule has 0 aliphatic carbocycles. The zero-order chi connectivity index (χ0) is 12.1. The van der Waals surface area contributed by atoms with E-state index in [0.29, 0.717) is 0 Å². The van der Waals surface area contributed by atoms with Crippen molar-refractivity contribution in [2.24, 2.45) is 0 Å². The fourth-order valence-corrected chi connectivity index (χ4v) is 1.63. The summed E-state index contributed by atoms with van der Waals surface area (Å²) in [4.78, 5) is 0. The van der Waals surface area contributed by atoms with Gasteiger partial charge >= 0.3 is 0 Å². The van der Waals surface area contributed by atoms with Crippen molar-refractivity contribution < 1.29 is 9.13 Å². The van der Waals surface area contributed by atoms with E-state index in [2.05, 4.69) is 11.9 Å². The Morgan fingerprint density at radius 2 is 2.25 bits per heavy atom. The van der Waals surface area contributed by atoms with Crippen molar-refractivity contribution in [3.05, 3.63) is 41.7 Å². The van der Waals surface area contributed by atoms with Gasteiger partial charge in [0, 0.05) is 6.04 Å². The topological polar surface area (TPSA) is 21.3 Å². The third-order valence-electron chi connectivity index (χ3n) is 2.48. The number of hydrogen-bond donors (Lipinski definition) is 1. The maximum absolute atomic E-state index is 13.2. The third-order valence-corrected chi connectivity index (χ3v) is 2.48. The van der Waals surface area contributed by atoms with Crippen molar-refractivity contribution in [1.29, 1.82) is 0 Å². The van der Waals surface area contributed by atoms with E-state index < -0.39 is 0 Å². The van der Waals surface area contributed by atoms with Crippen molar-refractivity contribution in [2.75, 3.05) is 14.2 Å². The van der Waals surface area contributed by atoms with Gasteiger partial charge in [-0.05, 0) is 38.1 Å². The molecular formula is C13H18FNO. The maximum atomic E-state index is 13.2. The molecule has 0 amide bonds. The molecule has 0 spiro atoms. The minimum absolute atomic E-state index is 0.145. The highest BCUT2D eigenvalue weighted by atomic mass is 19.1. The first-order valence-corrected chi connectivity index (χ1v) is 5.23. The lowest BCUT2D eigenvalue weighted by atomic mass is 10.0. The molecule has 1 rings (SSSR count). The lowest BCUT2D eigenvalue weighted by molar-refractivity contribution is 0.385. The van der Waals surface area contributed by atoms with Gasteiger partial charge < -0.3 is 10.1 Å². The van der Waals surface area contributed by atoms with Crippen LogP contribution in [0.4, 0.5) is 4.39 Å². The first-order chi connectivity index (χ1) is 7.58. The van der Waals surface area contributed by atoms with Gasteiger partial charge in [-0.2, -0.15) is 0 Å². The Morgan fingerprint density at radius 1 is 1.56 bits per heavy atom. The number of ether oxygens (including phenoxy) is 1. The molecule has 0 heterocycles. The predicted molar refractivity (Wildman–Crippen MR) is 64.2 cm³/mol. The highest BCUT2D eigenvalue weighted by molar-refractivity contribution is 5.32. The standard InChI is InChI=1S/C13H18FNO/c1-9(2)7-12(15-3)10-5-6-11(14)13(8-10)16-4/h5-6,8,12,15H,1,7H2,2-4H3. The number of rotatable bonds is 5. The second kappa shape index (κ2) is 5.66. The van der Waals surface area contributed by atoms with Gasteiger partial charge in [0.05, 0.1) is 7.11 Å². The molecule has 3 heteroatoms. The highest BCUT2D eigenvalue weighted by Crippen LogP contribution is 2.25. The van der Waals surface area contributed by atoms with Gasteiger partial charge in [0.15, 0.2) is 11.6 Å². The van der Waals surface area contributed by atoms with Crippen molar-refractivity contribution in [3.8, 4) is 5.75 Å². The Hall–Kier alpha value is -1.35. The summed E-state index contributed by atoms with van der Waals surface area (Å²) < 4.78 is 18.2. The van der Waals surface area contributed by atoms with Crippen LogP contribution in [0.2, 0.25) is 0 Å². The fraction of sp³-hybridized carbons (Fsp3) is 0.385. The lowest BCUT2D eigenvalue weighted by Crippen LogP contribution is -2.16. The van der Waals surface area contributed by atoms with E-state index >= 15 is 0 Å². The molecule has 1 aromatic carbocycles. The SMILES string of the molecule is C=C(C)CC(NC)c1ccc(F)c(OC)c1. The summed E-state index contributed by atoms with van der Waals surface area (Å²) in [5.41, 5.74) is 2.09. The molecule has 0 saturated heterocycles. The second-order valence-electron chi connectivity index (χ2n) is 3.90. The highest BCUT2D eigenvalue weighted by Gasteiger charge is 2.12. The summed E-state index contributed by atoms with van der Waals surface area (Å²) in [5, 5.41) is 3.18. The summed E-state index contributed by atoms with van der Waals surface area (Å²) in [6, 6.07) is 5.06. The Bertz CT molecular complexity index is 376. The van der Waals surface area contributed by atoms with Crippen LogP contribution in [0.25, 0.3) is 0 Å². The molecule has 16 heavy (non-hydrogen) atoms. The Balaban J connectivity index is 2.96. The zero-order valence-corrected chi connectivity index (χ0v) is 10.0. The van der Waals surface area contributed by atoms with Crippen molar-refractivity contribution >= 4 is 0 Å². The van der Waals surface area contributed by atoms with Crippen LogP contribution in [0.15, 0.2) is 30.4 Å². The van der Waals surface area contributed by atoms with Crippen LogP contribution in [0.5, 0.6) is 5.75 Å². The number of halogens is 1. The summed E-state index contributed by atoms with van der Waals surface area (Å²) in [6.45, 7) is 5.86. The Kier molecular flexibility index (Phi) is 4.50. The van der Waals surface area contributed by atoms with Crippen LogP contribution in [-0.4, -0.2) is 14.2 Å². The smallest absolute Gasteiger partial charge is 0.165 e. The van der Waals surface area contributed by atoms with Crippen molar-refractivity contribution in [2.45, 2.75) is 19.4 Å². The van der Waals surface area contributed by atoms with E-state index in [-0.39, 0.29) is 17.6 Å². The average molecular weight is 223 g/mol. The van der Waals surface area contributed by atoms with E-state index in [9.17, 15) is 4.39 Å². The molecule has 1 N–H and O–H groups in total. The van der Waals surface area contributed by atoms with Crippen LogP contribution >= 0.6 is 0 Å². The van der Waals surface area contributed by atoms with E-state index in [1.165, 1.54) is 13.2 Å². The maximum Gasteiger partial charge on any atom is 0.165 e. The Morgan fingerprint density at radius 3 is 2.75 bits per heavy atom. The van der Waals surface area contributed by atoms with Gasteiger partial charge in [-0.1, -0.05) is 11.6 Å². The van der Waals surface area contributed by atoms with E-state index in [0.717, 1.165) is 17.6 Å². The minimum atomic E-state index is -0.337. The number of hydrogen-bond acceptors (Lipinski definition) is 2. The van der Waals surface area contributed by atoms with Crippen LogP contribution in [0.3, 0.4) is 0 Å². The fourth-order valence-electron chi connectivity index (χ4n) is 1.63. The third kappa shape index (κ3) is 3.07. The molecule has 2 nitrogen and oxygen atoms in total. The van der Waals surface area contributed by atoms with Crippen molar-refractivity contribution in [1.82, 2.24) is 5.32 Å². The van der Waals surface area contributed by atoms with Crippen LogP contribution in [-0.2, 0) is 0 Å². The first-order valence-electron chi connectivity index (χ1n) is 5.23. The average Bonchev–Trinajstić information content (AvgIpc) is 2.26. The van der Waals surface area contributed by atoms with Gasteiger partial charge in [-0.15, -0.1) is 6.58 Å². The van der Waals surface area contributed by atoms with Crippen LogP contribution in [0, 0.1) is 5.82 Å². The van der Waals surface area contributed by atoms with E-state index in [1.54, 1.807) is 12.1 Å². The summed E-state index contributed by atoms with van der Waals surface area (Å²) in [7, 11) is 3.35. The second-order valence-corrected chi connectivity index (χ2v) is 3.90. The van der Waals surface area contributed by atoms with Crippen LogP contribution < -0.4 is 10.1 Å². The number of methoxy groups -OCH3 is 1. The largest absolute Gasteiger partial charge is 0.494 e. The Labute approximate surface area is 96.1 Å². The monoisotopic (exact) mass is 223 g/mol. The molecule has 1 unspecified atom stereocenters. The molecular weight excluding hydrogens is 205 g/mol. The zero-order valence-electron chi connectivity index (χ0n) is 10.0. The molecule has 0 fully saturated rings. The molecule has 0 aliphatic heterocycles. The first kappa shape index (κ1) is 12.7. The molecule has 0 bridgehead atoms. The molecule has 0 aromatic heterocycles. The quantitative estimate of drug-likeness (QED) is 0.775. The van der Waals surface area contributed by atoms with E-state index in [4.69, 9.17) is 4.74 Å². The molecule has 0 radical (unpaired) electrons. The summed E-state index contributed by atoms with van der Waals surface area (Å²) >= 11 is 0. The van der Waals surface area contributed by atoms with Gasteiger partial charge in [0.2, 0.25) is 0 Å². The van der Waals surface area contributed by atoms with Gasteiger partial charge in [-0.25, -0.2) is 4.39 Å². The molecule has 0 saturated carbocycles. The molecule has 88 valence electrons. The van der Waals surface area contributed by atoms with Gasteiger partial charge in [0.25, 0.3) is 0 Å². The van der Waals surface area contributed by atoms with Crippen LogP contribution in [0.1, 0.15) is 24.9 Å². The summed E-state index contributed by atoms with van der Waals surface area (Å²) in [5.74, 6) is -0.0594. The molecule has 1 aromatic rings.